The molecule has 3 rings (SSSR count). The highest BCUT2D eigenvalue weighted by Crippen LogP contribution is 2.20. The smallest absolute Gasteiger partial charge is 0.224 e. The number of amides is 1. The molecule has 1 aliphatic heterocycles. The number of nitrogens with zero attached hydrogens (tertiary/aromatic N) is 4. The van der Waals surface area contributed by atoms with Crippen LogP contribution in [0.1, 0.15) is 33.0 Å². The van der Waals surface area contributed by atoms with Crippen LogP contribution in [-0.4, -0.2) is 64.5 Å². The first kappa shape index (κ1) is 19.8. The second-order valence-electron chi connectivity index (χ2n) is 7.96. The highest BCUT2D eigenvalue weighted by molar-refractivity contribution is 5.93. The summed E-state index contributed by atoms with van der Waals surface area (Å²) in [5.74, 6) is 1.52. The third-order valence-electron chi connectivity index (χ3n) is 5.41. The lowest BCUT2D eigenvalue weighted by molar-refractivity contribution is -0.116. The van der Waals surface area contributed by atoms with Crippen LogP contribution < -0.4 is 5.32 Å². The number of nitrogens with one attached hydrogen (secondary N) is 1. The van der Waals surface area contributed by atoms with Gasteiger partial charge in [0.25, 0.3) is 0 Å². The van der Waals surface area contributed by atoms with Crippen molar-refractivity contribution < 1.29 is 4.79 Å². The number of carbonyl (C=O) groups is 1. The lowest BCUT2D eigenvalue weighted by Crippen LogP contribution is -2.46. The highest BCUT2D eigenvalue weighted by atomic mass is 16.1. The van der Waals surface area contributed by atoms with Gasteiger partial charge >= 0.3 is 0 Å². The third kappa shape index (κ3) is 5.08. The largest absolute Gasteiger partial charge is 0.331 e. The van der Waals surface area contributed by atoms with Gasteiger partial charge in [0.2, 0.25) is 5.91 Å². The number of benzene rings is 1. The summed E-state index contributed by atoms with van der Waals surface area (Å²) in [6, 6.07) is 6.00. The van der Waals surface area contributed by atoms with Gasteiger partial charge in [-0.3, -0.25) is 4.79 Å². The zero-order valence-corrected chi connectivity index (χ0v) is 17.2. The van der Waals surface area contributed by atoms with E-state index in [4.69, 9.17) is 4.98 Å². The van der Waals surface area contributed by atoms with Crippen LogP contribution in [-0.2, 0) is 18.3 Å². The highest BCUT2D eigenvalue weighted by Gasteiger charge is 2.16. The summed E-state index contributed by atoms with van der Waals surface area (Å²) in [6.45, 7) is 13.1. The first-order chi connectivity index (χ1) is 13.0. The average Bonchev–Trinajstić information content (AvgIpc) is 2.95. The number of anilines is 1. The van der Waals surface area contributed by atoms with E-state index in [2.05, 4.69) is 53.6 Å². The Morgan fingerprint density at radius 2 is 1.89 bits per heavy atom. The molecule has 0 unspecified atom stereocenters. The van der Waals surface area contributed by atoms with Crippen molar-refractivity contribution in [2.75, 3.05) is 44.6 Å². The van der Waals surface area contributed by atoms with Crippen LogP contribution in [0.25, 0.3) is 11.0 Å². The Kier molecular flexibility index (Phi) is 6.50. The minimum Gasteiger partial charge on any atom is -0.331 e. The number of carbonyl (C=O) groups excluding carboxylic acids is 1. The van der Waals surface area contributed by atoms with Crippen LogP contribution in [0.4, 0.5) is 5.69 Å². The van der Waals surface area contributed by atoms with Gasteiger partial charge in [0, 0.05) is 58.3 Å². The summed E-state index contributed by atoms with van der Waals surface area (Å²) in [6.07, 6.45) is 1.49. The summed E-state index contributed by atoms with van der Waals surface area (Å²) >= 11 is 0. The van der Waals surface area contributed by atoms with Gasteiger partial charge in [0.1, 0.15) is 5.82 Å². The summed E-state index contributed by atoms with van der Waals surface area (Å²) in [5, 5.41) is 2.99. The Balaban J connectivity index is 1.63. The number of rotatable bonds is 7. The molecule has 2 heterocycles. The maximum atomic E-state index is 12.0. The van der Waals surface area contributed by atoms with Crippen LogP contribution >= 0.6 is 0 Å². The molecule has 1 aromatic heterocycles. The number of fused-ring (bicyclic) bond motifs is 1. The molecule has 1 saturated heterocycles. The van der Waals surface area contributed by atoms with Crippen LogP contribution in [0.15, 0.2) is 18.2 Å². The molecule has 0 bridgehead atoms. The zero-order valence-electron chi connectivity index (χ0n) is 17.2. The number of hydrogen-bond donors (Lipinski definition) is 1. The van der Waals surface area contributed by atoms with Crippen LogP contribution in [0.2, 0.25) is 0 Å². The maximum absolute atomic E-state index is 12.0. The number of piperazine rings is 1. The van der Waals surface area contributed by atoms with E-state index >= 15 is 0 Å². The molecule has 1 amide bonds. The fourth-order valence-electron chi connectivity index (χ4n) is 3.72. The van der Waals surface area contributed by atoms with Gasteiger partial charge in [-0.15, -0.1) is 0 Å². The molecule has 0 atom stereocenters. The molecule has 6 heteroatoms. The first-order valence-corrected chi connectivity index (χ1v) is 10.2. The van der Waals surface area contributed by atoms with E-state index in [1.807, 2.05) is 12.1 Å². The first-order valence-electron chi connectivity index (χ1n) is 10.2. The van der Waals surface area contributed by atoms with Crippen molar-refractivity contribution in [1.29, 1.82) is 0 Å². The molecule has 1 fully saturated rings. The zero-order chi connectivity index (χ0) is 19.4. The standard InChI is InChI=1S/C21H33N5O/c1-5-25-10-12-26(13-11-25)9-8-20-23-18-15-17(6-7-19(18)24(20)4)22-21(27)14-16(2)3/h6-7,15-16H,5,8-14H2,1-4H3,(H,22,27). The molecular weight excluding hydrogens is 338 g/mol. The van der Waals surface area contributed by atoms with Gasteiger partial charge in [-0.2, -0.15) is 0 Å². The second kappa shape index (κ2) is 8.85. The molecule has 1 aliphatic rings. The Bertz CT molecular complexity index is 774. The molecule has 0 radical (unpaired) electrons. The lowest BCUT2D eigenvalue weighted by Gasteiger charge is -2.33. The van der Waals surface area contributed by atoms with E-state index in [0.717, 1.165) is 55.1 Å². The van der Waals surface area contributed by atoms with Crippen molar-refractivity contribution in [1.82, 2.24) is 19.4 Å². The van der Waals surface area contributed by atoms with Crippen molar-refractivity contribution in [3.05, 3.63) is 24.0 Å². The average molecular weight is 372 g/mol. The molecule has 0 saturated carbocycles. The Hall–Kier alpha value is -1.92. The lowest BCUT2D eigenvalue weighted by atomic mass is 10.1. The molecule has 1 N–H and O–H groups in total. The molecule has 148 valence electrons. The molecular formula is C21H33N5O. The number of hydrogen-bond acceptors (Lipinski definition) is 4. The van der Waals surface area contributed by atoms with E-state index in [1.165, 1.54) is 13.1 Å². The maximum Gasteiger partial charge on any atom is 0.224 e. The minimum atomic E-state index is 0.0618. The Morgan fingerprint density at radius 1 is 1.19 bits per heavy atom. The number of likely N-dealkylation sites (N-methyl/N-ethyl adjacent to an activating group) is 1. The SMILES string of the molecule is CCN1CCN(CCc2nc3cc(NC(=O)CC(C)C)ccc3n2C)CC1. The number of imidazole rings is 1. The summed E-state index contributed by atoms with van der Waals surface area (Å²) in [5.41, 5.74) is 2.89. The van der Waals surface area contributed by atoms with Crippen molar-refractivity contribution in [2.24, 2.45) is 13.0 Å². The van der Waals surface area contributed by atoms with Gasteiger partial charge < -0.3 is 19.7 Å². The third-order valence-corrected chi connectivity index (χ3v) is 5.41. The fourth-order valence-corrected chi connectivity index (χ4v) is 3.72. The second-order valence-corrected chi connectivity index (χ2v) is 7.96. The van der Waals surface area contributed by atoms with E-state index in [0.29, 0.717) is 12.3 Å². The van der Waals surface area contributed by atoms with Crippen LogP contribution in [0.5, 0.6) is 0 Å². The van der Waals surface area contributed by atoms with Gasteiger partial charge in [0.15, 0.2) is 0 Å². The van der Waals surface area contributed by atoms with Gasteiger partial charge in [-0.1, -0.05) is 20.8 Å². The van der Waals surface area contributed by atoms with Crippen LogP contribution in [0.3, 0.4) is 0 Å². The molecule has 2 aromatic rings. The van der Waals surface area contributed by atoms with Crippen molar-refractivity contribution in [2.45, 2.75) is 33.6 Å². The molecule has 0 spiro atoms. The summed E-state index contributed by atoms with van der Waals surface area (Å²) in [4.78, 5) is 21.9. The molecule has 27 heavy (non-hydrogen) atoms. The predicted molar refractivity (Wildman–Crippen MR) is 111 cm³/mol. The number of aryl methyl sites for hydroxylation is 1. The Morgan fingerprint density at radius 3 is 2.56 bits per heavy atom. The normalized spacial score (nSPS) is 16.3. The molecule has 1 aromatic carbocycles. The topological polar surface area (TPSA) is 53.4 Å². The number of aromatic nitrogens is 2. The van der Waals surface area contributed by atoms with Crippen LogP contribution in [0, 0.1) is 5.92 Å². The molecule has 6 nitrogen and oxygen atoms in total. The van der Waals surface area contributed by atoms with Gasteiger partial charge in [-0.05, 0) is 30.7 Å². The fraction of sp³-hybridized carbons (Fsp3) is 0.619. The van der Waals surface area contributed by atoms with E-state index in [1.54, 1.807) is 0 Å². The minimum absolute atomic E-state index is 0.0618. The van der Waals surface area contributed by atoms with Gasteiger partial charge in [-0.25, -0.2) is 4.98 Å². The molecule has 0 aliphatic carbocycles. The summed E-state index contributed by atoms with van der Waals surface area (Å²) < 4.78 is 2.18. The quantitative estimate of drug-likeness (QED) is 0.813. The van der Waals surface area contributed by atoms with Crippen molar-refractivity contribution >= 4 is 22.6 Å². The van der Waals surface area contributed by atoms with Crippen molar-refractivity contribution in [3.8, 4) is 0 Å². The van der Waals surface area contributed by atoms with E-state index in [9.17, 15) is 4.79 Å². The Labute approximate surface area is 162 Å². The van der Waals surface area contributed by atoms with E-state index in [-0.39, 0.29) is 5.91 Å². The van der Waals surface area contributed by atoms with E-state index < -0.39 is 0 Å². The van der Waals surface area contributed by atoms with Crippen molar-refractivity contribution in [3.63, 3.8) is 0 Å². The summed E-state index contributed by atoms with van der Waals surface area (Å²) in [7, 11) is 2.08. The van der Waals surface area contributed by atoms with Gasteiger partial charge in [0.05, 0.1) is 11.0 Å². The monoisotopic (exact) mass is 371 g/mol. The predicted octanol–water partition coefficient (Wildman–Crippen LogP) is 2.74.